The van der Waals surface area contributed by atoms with Crippen LogP contribution in [0.2, 0.25) is 0 Å². The number of rotatable bonds is 5. The fourth-order valence-electron chi connectivity index (χ4n) is 1.23. The van der Waals surface area contributed by atoms with Crippen molar-refractivity contribution < 1.29 is 9.66 Å². The van der Waals surface area contributed by atoms with Crippen LogP contribution < -0.4 is 4.74 Å². The molecular formula is C11H12BrNO3. The molecule has 5 heteroatoms. The van der Waals surface area contributed by atoms with E-state index in [1.54, 1.807) is 12.1 Å². The van der Waals surface area contributed by atoms with E-state index in [0.717, 1.165) is 17.3 Å². The predicted molar refractivity (Wildman–Crippen MR) is 67.1 cm³/mol. The Morgan fingerprint density at radius 2 is 2.31 bits per heavy atom. The van der Waals surface area contributed by atoms with E-state index >= 15 is 0 Å². The smallest absolute Gasteiger partial charge is 0.310 e. The molecule has 0 radical (unpaired) electrons. The lowest BCUT2D eigenvalue weighted by Crippen LogP contribution is -1.93. The van der Waals surface area contributed by atoms with Crippen molar-refractivity contribution in [3.63, 3.8) is 0 Å². The van der Waals surface area contributed by atoms with Crippen LogP contribution in [0.5, 0.6) is 5.75 Å². The second kappa shape index (κ2) is 6.27. The molecule has 0 atom stereocenters. The number of methoxy groups -OCH3 is 1. The fraction of sp³-hybridized carbons (Fsp3) is 0.273. The van der Waals surface area contributed by atoms with E-state index in [2.05, 4.69) is 15.9 Å². The summed E-state index contributed by atoms with van der Waals surface area (Å²) in [7, 11) is 1.42. The van der Waals surface area contributed by atoms with Crippen molar-refractivity contribution in [3.05, 3.63) is 40.0 Å². The largest absolute Gasteiger partial charge is 0.490 e. The minimum absolute atomic E-state index is 0.0138. The van der Waals surface area contributed by atoms with Crippen LogP contribution in [0.1, 0.15) is 12.0 Å². The van der Waals surface area contributed by atoms with Gasteiger partial charge in [-0.05, 0) is 24.1 Å². The van der Waals surface area contributed by atoms with Gasteiger partial charge in [0.25, 0.3) is 0 Å². The molecule has 4 nitrogen and oxygen atoms in total. The monoisotopic (exact) mass is 285 g/mol. The average Bonchev–Trinajstić information content (AvgIpc) is 2.29. The van der Waals surface area contributed by atoms with Crippen molar-refractivity contribution in [2.75, 3.05) is 12.4 Å². The third kappa shape index (κ3) is 3.34. The number of hydrogen-bond acceptors (Lipinski definition) is 3. The van der Waals surface area contributed by atoms with Crippen LogP contribution >= 0.6 is 15.9 Å². The summed E-state index contributed by atoms with van der Waals surface area (Å²) in [6.07, 6.45) is 4.82. The lowest BCUT2D eigenvalue weighted by Gasteiger charge is -2.02. The maximum Gasteiger partial charge on any atom is 0.310 e. The first-order chi connectivity index (χ1) is 7.69. The summed E-state index contributed by atoms with van der Waals surface area (Å²) in [5, 5.41) is 11.6. The molecule has 1 rings (SSSR count). The van der Waals surface area contributed by atoms with Crippen LogP contribution in [0.3, 0.4) is 0 Å². The molecule has 0 aliphatic carbocycles. The number of nitro groups is 1. The Morgan fingerprint density at radius 1 is 1.56 bits per heavy atom. The van der Waals surface area contributed by atoms with Crippen LogP contribution in [0.4, 0.5) is 5.69 Å². The summed E-state index contributed by atoms with van der Waals surface area (Å²) < 4.78 is 4.97. The van der Waals surface area contributed by atoms with Gasteiger partial charge in [0.2, 0.25) is 0 Å². The molecule has 0 bridgehead atoms. The topological polar surface area (TPSA) is 52.4 Å². The van der Waals surface area contributed by atoms with Crippen LogP contribution in [0, 0.1) is 10.1 Å². The van der Waals surface area contributed by atoms with Gasteiger partial charge in [-0.2, -0.15) is 0 Å². The summed E-state index contributed by atoms with van der Waals surface area (Å²) >= 11 is 3.32. The Balaban J connectivity index is 2.95. The van der Waals surface area contributed by atoms with E-state index in [1.165, 1.54) is 13.2 Å². The zero-order valence-corrected chi connectivity index (χ0v) is 10.4. The molecule has 1 aromatic carbocycles. The lowest BCUT2D eigenvalue weighted by molar-refractivity contribution is -0.385. The fourth-order valence-corrected chi connectivity index (χ4v) is 1.50. The van der Waals surface area contributed by atoms with Crippen molar-refractivity contribution in [2.45, 2.75) is 6.42 Å². The third-order valence-corrected chi connectivity index (χ3v) is 2.44. The number of allylic oxidation sites excluding steroid dienone is 1. The summed E-state index contributed by atoms with van der Waals surface area (Å²) in [5.41, 5.74) is 0.878. The molecule has 86 valence electrons. The normalized spacial score (nSPS) is 10.6. The maximum absolute atomic E-state index is 10.7. The molecule has 0 unspecified atom stereocenters. The van der Waals surface area contributed by atoms with Crippen LogP contribution in [0.25, 0.3) is 6.08 Å². The first kappa shape index (κ1) is 12.7. The molecule has 0 aliphatic rings. The zero-order valence-electron chi connectivity index (χ0n) is 8.85. The molecular weight excluding hydrogens is 274 g/mol. The number of hydrogen-bond donors (Lipinski definition) is 0. The van der Waals surface area contributed by atoms with Gasteiger partial charge in [-0.15, -0.1) is 0 Å². The van der Waals surface area contributed by atoms with E-state index in [9.17, 15) is 10.1 Å². The quantitative estimate of drug-likeness (QED) is 0.473. The molecule has 16 heavy (non-hydrogen) atoms. The standard InChI is InChI=1S/C11H12BrNO3/c1-16-11-8-9(4-2-3-7-12)5-6-10(11)13(14)15/h2,4-6,8H,3,7H2,1H3/b4-2+. The SMILES string of the molecule is COc1cc(/C=C/CCBr)ccc1[N+](=O)[O-]. The second-order valence-electron chi connectivity index (χ2n) is 3.07. The van der Waals surface area contributed by atoms with Gasteiger partial charge in [0.1, 0.15) is 0 Å². The highest BCUT2D eigenvalue weighted by Gasteiger charge is 2.13. The number of benzene rings is 1. The third-order valence-electron chi connectivity index (χ3n) is 1.99. The van der Waals surface area contributed by atoms with E-state index in [1.807, 2.05) is 12.2 Å². The maximum atomic E-state index is 10.7. The van der Waals surface area contributed by atoms with Crippen LogP contribution in [-0.2, 0) is 0 Å². The number of alkyl halides is 1. The Hall–Kier alpha value is -1.36. The molecule has 0 saturated heterocycles. The summed E-state index contributed by atoms with van der Waals surface area (Å²) in [5.74, 6) is 0.283. The van der Waals surface area contributed by atoms with Crippen molar-refractivity contribution in [3.8, 4) is 5.75 Å². The molecule has 0 amide bonds. The first-order valence-electron chi connectivity index (χ1n) is 4.74. The molecule has 0 aromatic heterocycles. The van der Waals surface area contributed by atoms with E-state index in [0.29, 0.717) is 0 Å². The van der Waals surface area contributed by atoms with Gasteiger partial charge in [-0.1, -0.05) is 28.1 Å². The Morgan fingerprint density at radius 3 is 2.88 bits per heavy atom. The van der Waals surface area contributed by atoms with Gasteiger partial charge >= 0.3 is 5.69 Å². The van der Waals surface area contributed by atoms with E-state index in [4.69, 9.17) is 4.74 Å². The van der Waals surface area contributed by atoms with Crippen molar-refractivity contribution in [1.82, 2.24) is 0 Å². The minimum atomic E-state index is -0.454. The van der Waals surface area contributed by atoms with E-state index < -0.39 is 4.92 Å². The highest BCUT2D eigenvalue weighted by molar-refractivity contribution is 9.09. The summed E-state index contributed by atoms with van der Waals surface area (Å²) in [4.78, 5) is 10.2. The van der Waals surface area contributed by atoms with E-state index in [-0.39, 0.29) is 11.4 Å². The molecule has 0 heterocycles. The second-order valence-corrected chi connectivity index (χ2v) is 3.86. The molecule has 0 aliphatic heterocycles. The van der Waals surface area contributed by atoms with Crippen molar-refractivity contribution in [1.29, 1.82) is 0 Å². The number of nitro benzene ring substituents is 1. The van der Waals surface area contributed by atoms with Crippen molar-refractivity contribution in [2.24, 2.45) is 0 Å². The molecule has 1 aromatic rings. The predicted octanol–water partition coefficient (Wildman–Crippen LogP) is 3.40. The highest BCUT2D eigenvalue weighted by Crippen LogP contribution is 2.27. The molecule has 0 spiro atoms. The first-order valence-corrected chi connectivity index (χ1v) is 5.86. The molecule has 0 N–H and O–H groups in total. The minimum Gasteiger partial charge on any atom is -0.490 e. The highest BCUT2D eigenvalue weighted by atomic mass is 79.9. The average molecular weight is 286 g/mol. The van der Waals surface area contributed by atoms with Gasteiger partial charge in [-0.3, -0.25) is 10.1 Å². The summed E-state index contributed by atoms with van der Waals surface area (Å²) in [6.45, 7) is 0. The van der Waals surface area contributed by atoms with Gasteiger partial charge in [0.05, 0.1) is 12.0 Å². The number of nitrogens with zero attached hydrogens (tertiary/aromatic N) is 1. The Labute approximate surface area is 102 Å². The van der Waals surface area contributed by atoms with Crippen molar-refractivity contribution >= 4 is 27.7 Å². The van der Waals surface area contributed by atoms with Crippen LogP contribution in [-0.4, -0.2) is 17.4 Å². The summed E-state index contributed by atoms with van der Waals surface area (Å²) in [6, 6.07) is 4.81. The molecule has 0 saturated carbocycles. The van der Waals surface area contributed by atoms with Gasteiger partial charge in [0.15, 0.2) is 5.75 Å². The Kier molecular flexibility index (Phi) is 4.98. The van der Waals surface area contributed by atoms with Gasteiger partial charge in [-0.25, -0.2) is 0 Å². The molecule has 0 fully saturated rings. The zero-order chi connectivity index (χ0) is 12.0. The number of ether oxygens (including phenoxy) is 1. The van der Waals surface area contributed by atoms with Gasteiger partial charge in [0, 0.05) is 11.4 Å². The number of halogens is 1. The van der Waals surface area contributed by atoms with Crippen LogP contribution in [0.15, 0.2) is 24.3 Å². The van der Waals surface area contributed by atoms with Gasteiger partial charge < -0.3 is 4.74 Å². The Bertz CT molecular complexity index is 404. The lowest BCUT2D eigenvalue weighted by atomic mass is 10.1.